The van der Waals surface area contributed by atoms with E-state index in [0.717, 1.165) is 12.6 Å². The van der Waals surface area contributed by atoms with Crippen molar-refractivity contribution >= 4 is 59.3 Å². The highest BCUT2D eigenvalue weighted by molar-refractivity contribution is 7.64. The quantitative estimate of drug-likeness (QED) is 0.623. The van der Waals surface area contributed by atoms with Crippen molar-refractivity contribution in [2.45, 2.75) is 0 Å². The molecule has 1 atom stereocenters. The molecule has 94 valence electrons. The Labute approximate surface area is 118 Å². The average molecular weight is 336 g/mol. The van der Waals surface area contributed by atoms with Crippen LogP contribution in [0.4, 0.5) is 0 Å². The fourth-order valence-electron chi connectivity index (χ4n) is 1.09. The molecule has 1 unspecified atom stereocenters. The Hall–Kier alpha value is 0.270. The second-order valence-corrected chi connectivity index (χ2v) is 6.27. The summed E-state index contributed by atoms with van der Waals surface area (Å²) in [5.41, 5.74) is 1.12. The molecule has 0 saturated heterocycles. The van der Waals surface area contributed by atoms with Crippen LogP contribution in [-0.2, 0) is 9.09 Å². The van der Waals surface area contributed by atoms with Gasteiger partial charge in [0.1, 0.15) is 0 Å². The first-order chi connectivity index (χ1) is 7.83. The zero-order chi connectivity index (χ0) is 13.2. The molecule has 0 fully saturated rings. The van der Waals surface area contributed by atoms with Gasteiger partial charge in [-0.05, 0) is 12.1 Å². The number of hydrogen-bond donors (Lipinski definition) is 1. The summed E-state index contributed by atoms with van der Waals surface area (Å²) < 4.78 is 16.2. The molecule has 0 saturated carbocycles. The molecule has 0 aliphatic rings. The summed E-state index contributed by atoms with van der Waals surface area (Å²) in [4.78, 5) is 9.57. The Morgan fingerprint density at radius 1 is 1.29 bits per heavy atom. The predicted molar refractivity (Wildman–Crippen MR) is 72.1 cm³/mol. The highest BCUT2D eigenvalue weighted by atomic mass is 35.5. The Bertz CT molecular complexity index is 515. The van der Waals surface area contributed by atoms with Gasteiger partial charge in [-0.3, -0.25) is 4.57 Å². The van der Waals surface area contributed by atoms with E-state index < -0.39 is 7.60 Å². The summed E-state index contributed by atoms with van der Waals surface area (Å²) in [6, 6.07) is 2.71. The molecular formula is C9H7Cl4O3P. The Morgan fingerprint density at radius 2 is 1.82 bits per heavy atom. The first-order valence-electron chi connectivity index (χ1n) is 4.18. The molecule has 1 rings (SSSR count). The lowest BCUT2D eigenvalue weighted by Crippen LogP contribution is -1.91. The van der Waals surface area contributed by atoms with Crippen LogP contribution in [0.3, 0.4) is 0 Å². The standard InChI is InChI=1S/C9H7Cl4O3P/c1-16-17(14,15)9(4-10)5-2-7(12)8(13)3-6(5)11/h2-4H,1H3,(H,14,15)/b9-4+. The fraction of sp³-hybridized carbons (Fsp3) is 0.111. The zero-order valence-electron chi connectivity index (χ0n) is 8.45. The molecule has 1 aromatic carbocycles. The lowest BCUT2D eigenvalue weighted by atomic mass is 10.2. The lowest BCUT2D eigenvalue weighted by molar-refractivity contribution is 0.329. The number of hydrogen-bond acceptors (Lipinski definition) is 2. The van der Waals surface area contributed by atoms with Crippen LogP contribution in [0.1, 0.15) is 5.56 Å². The summed E-state index contributed by atoms with van der Waals surface area (Å²) in [6.07, 6.45) is 0. The third kappa shape index (κ3) is 3.39. The molecule has 0 spiro atoms. The van der Waals surface area contributed by atoms with Crippen LogP contribution in [0.25, 0.3) is 5.31 Å². The van der Waals surface area contributed by atoms with Crippen molar-refractivity contribution in [2.75, 3.05) is 7.11 Å². The average Bonchev–Trinajstić information content (AvgIpc) is 2.26. The molecule has 0 aliphatic heterocycles. The second kappa shape index (κ2) is 5.94. The van der Waals surface area contributed by atoms with Gasteiger partial charge in [0.25, 0.3) is 0 Å². The first kappa shape index (κ1) is 15.3. The molecule has 0 radical (unpaired) electrons. The number of benzene rings is 1. The minimum atomic E-state index is -4.02. The van der Waals surface area contributed by atoms with Crippen molar-refractivity contribution in [3.05, 3.63) is 38.3 Å². The van der Waals surface area contributed by atoms with Crippen molar-refractivity contribution in [1.82, 2.24) is 0 Å². The molecule has 3 nitrogen and oxygen atoms in total. The van der Waals surface area contributed by atoms with Gasteiger partial charge in [-0.25, -0.2) is 0 Å². The summed E-state index contributed by atoms with van der Waals surface area (Å²) in [6.45, 7) is 0. The molecular weight excluding hydrogens is 329 g/mol. The van der Waals surface area contributed by atoms with Gasteiger partial charge >= 0.3 is 7.60 Å². The van der Waals surface area contributed by atoms with Crippen LogP contribution < -0.4 is 0 Å². The Balaban J connectivity index is 3.43. The van der Waals surface area contributed by atoms with Crippen LogP contribution in [0, 0.1) is 0 Å². The largest absolute Gasteiger partial charge is 0.360 e. The van der Waals surface area contributed by atoms with E-state index in [2.05, 4.69) is 4.52 Å². The Morgan fingerprint density at radius 3 is 2.29 bits per heavy atom. The maximum Gasteiger partial charge on any atom is 0.360 e. The van der Waals surface area contributed by atoms with Crippen molar-refractivity contribution in [3.8, 4) is 0 Å². The summed E-state index contributed by atoms with van der Waals surface area (Å²) >= 11 is 23.0. The van der Waals surface area contributed by atoms with E-state index in [0.29, 0.717) is 0 Å². The van der Waals surface area contributed by atoms with E-state index >= 15 is 0 Å². The smallest absolute Gasteiger partial charge is 0.321 e. The Kier molecular flexibility index (Phi) is 5.36. The minimum Gasteiger partial charge on any atom is -0.321 e. The molecule has 1 N–H and O–H groups in total. The molecule has 0 aliphatic carbocycles. The number of rotatable bonds is 3. The van der Waals surface area contributed by atoms with E-state index in [1.807, 2.05) is 0 Å². The molecule has 0 amide bonds. The van der Waals surface area contributed by atoms with Crippen molar-refractivity contribution in [2.24, 2.45) is 0 Å². The molecule has 0 heterocycles. The summed E-state index contributed by atoms with van der Waals surface area (Å²) in [5.74, 6) is 0. The molecule has 1 aromatic rings. The zero-order valence-corrected chi connectivity index (χ0v) is 12.4. The maximum absolute atomic E-state index is 11.7. The third-order valence-corrected chi connectivity index (χ3v) is 4.82. The van der Waals surface area contributed by atoms with Gasteiger partial charge < -0.3 is 9.42 Å². The third-order valence-electron chi connectivity index (χ3n) is 1.94. The van der Waals surface area contributed by atoms with Crippen LogP contribution in [0.2, 0.25) is 15.1 Å². The van der Waals surface area contributed by atoms with Gasteiger partial charge in [0.2, 0.25) is 0 Å². The topological polar surface area (TPSA) is 46.5 Å². The van der Waals surface area contributed by atoms with E-state index in [-0.39, 0.29) is 25.9 Å². The van der Waals surface area contributed by atoms with Crippen LogP contribution in [0.5, 0.6) is 0 Å². The number of halogens is 4. The summed E-state index contributed by atoms with van der Waals surface area (Å²) in [5, 5.41) is 0.431. The second-order valence-electron chi connectivity index (χ2n) is 2.94. The van der Waals surface area contributed by atoms with Crippen LogP contribution in [-0.4, -0.2) is 12.0 Å². The van der Waals surface area contributed by atoms with Crippen molar-refractivity contribution in [3.63, 3.8) is 0 Å². The SMILES string of the molecule is COP(=O)(O)/C(=C/Cl)c1cc(Cl)c(Cl)cc1Cl. The van der Waals surface area contributed by atoms with Gasteiger partial charge in [0, 0.05) is 18.2 Å². The fourth-order valence-corrected chi connectivity index (χ4v) is 3.10. The van der Waals surface area contributed by atoms with Crippen LogP contribution in [0.15, 0.2) is 17.7 Å². The first-order valence-corrected chi connectivity index (χ1v) is 7.32. The predicted octanol–water partition coefficient (Wildman–Crippen LogP) is 5.02. The normalized spacial score (nSPS) is 15.8. The monoisotopic (exact) mass is 334 g/mol. The van der Waals surface area contributed by atoms with E-state index in [1.54, 1.807) is 0 Å². The van der Waals surface area contributed by atoms with E-state index in [1.165, 1.54) is 12.1 Å². The van der Waals surface area contributed by atoms with Crippen molar-refractivity contribution in [1.29, 1.82) is 0 Å². The van der Waals surface area contributed by atoms with Gasteiger partial charge in [0.05, 0.1) is 20.4 Å². The minimum absolute atomic E-state index is 0.148. The lowest BCUT2D eigenvalue weighted by Gasteiger charge is -2.14. The van der Waals surface area contributed by atoms with Crippen molar-refractivity contribution < 1.29 is 14.0 Å². The highest BCUT2D eigenvalue weighted by Gasteiger charge is 2.27. The van der Waals surface area contributed by atoms with E-state index in [4.69, 9.17) is 46.4 Å². The maximum atomic E-state index is 11.7. The van der Waals surface area contributed by atoms with E-state index in [9.17, 15) is 9.46 Å². The molecule has 0 bridgehead atoms. The van der Waals surface area contributed by atoms with Gasteiger partial charge in [-0.1, -0.05) is 46.4 Å². The van der Waals surface area contributed by atoms with Gasteiger partial charge in [0.15, 0.2) is 0 Å². The highest BCUT2D eigenvalue weighted by Crippen LogP contribution is 2.57. The molecule has 0 aromatic heterocycles. The van der Waals surface area contributed by atoms with Gasteiger partial charge in [-0.2, -0.15) is 0 Å². The van der Waals surface area contributed by atoms with Gasteiger partial charge in [-0.15, -0.1) is 0 Å². The molecule has 8 heteroatoms. The molecule has 17 heavy (non-hydrogen) atoms. The van der Waals surface area contributed by atoms with Crippen LogP contribution >= 0.6 is 54.0 Å². The summed E-state index contributed by atoms with van der Waals surface area (Å²) in [7, 11) is -2.93.